The molecule has 4 rings (SSSR count). The molecule has 0 N–H and O–H groups in total. The van der Waals surface area contributed by atoms with Gasteiger partial charge in [-0.3, -0.25) is 9.36 Å². The Morgan fingerprint density at radius 3 is 2.41 bits per heavy atom. The maximum Gasteiger partial charge on any atom is 0.406 e. The van der Waals surface area contributed by atoms with Crippen LogP contribution >= 0.6 is 23.2 Å². The first kappa shape index (κ1) is 19.8. The van der Waals surface area contributed by atoms with Gasteiger partial charge in [0.05, 0.1) is 5.69 Å². The third kappa shape index (κ3) is 3.97. The largest absolute Gasteiger partial charge is 0.406 e. The molecule has 150 valence electrons. The fourth-order valence-electron chi connectivity index (χ4n) is 3.38. The first-order chi connectivity index (χ1) is 13.7. The molecule has 9 heteroatoms. The first-order valence-corrected chi connectivity index (χ1v) is 9.48. The van der Waals surface area contributed by atoms with Crippen molar-refractivity contribution < 1.29 is 18.0 Å². The molecule has 1 amide bonds. The number of alkyl halides is 3. The summed E-state index contributed by atoms with van der Waals surface area (Å²) in [4.78, 5) is 18.4. The number of imidazole rings is 1. The van der Waals surface area contributed by atoms with E-state index >= 15 is 0 Å². The van der Waals surface area contributed by atoms with E-state index in [1.165, 1.54) is 0 Å². The summed E-state index contributed by atoms with van der Waals surface area (Å²) >= 11 is 12.1. The maximum atomic E-state index is 13.0. The Morgan fingerprint density at radius 2 is 1.76 bits per heavy atom. The zero-order valence-electron chi connectivity index (χ0n) is 14.9. The summed E-state index contributed by atoms with van der Waals surface area (Å²) in [6.07, 6.45) is -4.25. The van der Waals surface area contributed by atoms with Crippen molar-refractivity contribution in [3.05, 3.63) is 70.0 Å². The third-order valence-corrected chi connectivity index (χ3v) is 5.08. The van der Waals surface area contributed by atoms with E-state index in [4.69, 9.17) is 23.2 Å². The molecule has 0 aliphatic carbocycles. The van der Waals surface area contributed by atoms with Gasteiger partial charge in [0.15, 0.2) is 0 Å². The van der Waals surface area contributed by atoms with Crippen molar-refractivity contribution >= 4 is 29.1 Å². The highest BCUT2D eigenvalue weighted by atomic mass is 35.5. The predicted octanol–water partition coefficient (Wildman–Crippen LogP) is 5.41. The summed E-state index contributed by atoms with van der Waals surface area (Å²) in [7, 11) is 0. The van der Waals surface area contributed by atoms with Crippen LogP contribution in [0, 0.1) is 0 Å². The molecule has 0 unspecified atom stereocenters. The number of hydrogen-bond donors (Lipinski definition) is 0. The second-order valence-electron chi connectivity index (χ2n) is 6.64. The average molecular weight is 440 g/mol. The molecule has 0 spiro atoms. The van der Waals surface area contributed by atoms with Crippen LogP contribution in [0.5, 0.6) is 0 Å². The molecule has 1 aliphatic heterocycles. The van der Waals surface area contributed by atoms with Crippen molar-refractivity contribution in [2.45, 2.75) is 12.6 Å². The summed E-state index contributed by atoms with van der Waals surface area (Å²) in [5, 5.41) is 0.980. The molecule has 0 fully saturated rings. The van der Waals surface area contributed by atoms with Crippen LogP contribution in [0.15, 0.2) is 48.5 Å². The monoisotopic (exact) mass is 439 g/mol. The molecule has 3 aromatic rings. The molecule has 2 heterocycles. The van der Waals surface area contributed by atoms with E-state index in [0.717, 1.165) is 4.90 Å². The molecule has 0 saturated carbocycles. The number of fused-ring (bicyclic) bond motifs is 1. The average Bonchev–Trinajstić information content (AvgIpc) is 3.04. The minimum Gasteiger partial charge on any atom is -0.328 e. The van der Waals surface area contributed by atoms with Crippen LogP contribution in [0.1, 0.15) is 16.2 Å². The van der Waals surface area contributed by atoms with Crippen molar-refractivity contribution in [1.29, 1.82) is 0 Å². The molecule has 29 heavy (non-hydrogen) atoms. The Kier molecular flexibility index (Phi) is 5.04. The molecule has 0 radical (unpaired) electrons. The van der Waals surface area contributed by atoms with Crippen molar-refractivity contribution in [3.63, 3.8) is 0 Å². The van der Waals surface area contributed by atoms with Crippen LogP contribution in [-0.4, -0.2) is 39.6 Å². The number of nitrogens with zero attached hydrogens (tertiary/aromatic N) is 3. The smallest absolute Gasteiger partial charge is 0.328 e. The van der Waals surface area contributed by atoms with Crippen molar-refractivity contribution in [1.82, 2.24) is 14.5 Å². The lowest BCUT2D eigenvalue weighted by atomic mass is 10.1. The van der Waals surface area contributed by atoms with Gasteiger partial charge in [0.1, 0.15) is 18.1 Å². The lowest BCUT2D eigenvalue weighted by Gasteiger charge is -2.28. The Hall–Kier alpha value is -2.51. The van der Waals surface area contributed by atoms with Crippen molar-refractivity contribution in [2.24, 2.45) is 0 Å². The SMILES string of the molecule is O=C1c2c(nc(-c3cccc(Cl)c3)n2-c2ccc(Cl)cc2)CCN1CC(F)(F)F. The van der Waals surface area contributed by atoms with E-state index in [1.807, 2.05) is 0 Å². The van der Waals surface area contributed by atoms with Gasteiger partial charge in [0.25, 0.3) is 5.91 Å². The van der Waals surface area contributed by atoms with Crippen LogP contribution in [0.25, 0.3) is 17.1 Å². The zero-order valence-corrected chi connectivity index (χ0v) is 16.4. The standard InChI is InChI=1S/C20H14Cl2F3N3O/c21-13-4-6-15(7-5-13)28-17-16(8-9-27(19(17)29)11-20(23,24)25)26-18(28)12-2-1-3-14(22)10-12/h1-7,10H,8-9,11H2. The van der Waals surface area contributed by atoms with Crippen LogP contribution in [0.2, 0.25) is 10.0 Å². The van der Waals surface area contributed by atoms with Crippen LogP contribution < -0.4 is 0 Å². The van der Waals surface area contributed by atoms with Crippen molar-refractivity contribution in [2.75, 3.05) is 13.1 Å². The fourth-order valence-corrected chi connectivity index (χ4v) is 3.70. The number of benzene rings is 2. The van der Waals surface area contributed by atoms with E-state index in [-0.39, 0.29) is 18.7 Å². The second kappa shape index (κ2) is 7.39. The summed E-state index contributed by atoms with van der Waals surface area (Å²) in [5.41, 5.74) is 1.80. The predicted molar refractivity (Wildman–Crippen MR) is 105 cm³/mol. The lowest BCUT2D eigenvalue weighted by molar-refractivity contribution is -0.141. The molecule has 0 saturated heterocycles. The number of hydrogen-bond acceptors (Lipinski definition) is 2. The Morgan fingerprint density at radius 1 is 1.03 bits per heavy atom. The number of rotatable bonds is 3. The van der Waals surface area contributed by atoms with E-state index in [1.54, 1.807) is 53.1 Å². The Bertz CT molecular complexity index is 1080. The van der Waals surface area contributed by atoms with Gasteiger partial charge in [-0.2, -0.15) is 13.2 Å². The molecule has 4 nitrogen and oxygen atoms in total. The van der Waals surface area contributed by atoms with Gasteiger partial charge in [-0.15, -0.1) is 0 Å². The normalized spacial score (nSPS) is 14.2. The molecular formula is C20H14Cl2F3N3O. The second-order valence-corrected chi connectivity index (χ2v) is 7.52. The van der Waals surface area contributed by atoms with Gasteiger partial charge in [-0.05, 0) is 36.4 Å². The van der Waals surface area contributed by atoms with Gasteiger partial charge in [0.2, 0.25) is 0 Å². The fraction of sp³-hybridized carbons (Fsp3) is 0.200. The maximum absolute atomic E-state index is 13.0. The van der Waals surface area contributed by atoms with Crippen LogP contribution in [-0.2, 0) is 6.42 Å². The third-order valence-electron chi connectivity index (χ3n) is 4.60. The quantitative estimate of drug-likeness (QED) is 0.547. The first-order valence-electron chi connectivity index (χ1n) is 8.72. The van der Waals surface area contributed by atoms with Crippen LogP contribution in [0.3, 0.4) is 0 Å². The van der Waals surface area contributed by atoms with Gasteiger partial charge in [0, 0.05) is 34.3 Å². The highest BCUT2D eigenvalue weighted by molar-refractivity contribution is 6.31. The number of aromatic nitrogens is 2. The molecular weight excluding hydrogens is 426 g/mol. The topological polar surface area (TPSA) is 38.1 Å². The lowest BCUT2D eigenvalue weighted by Crippen LogP contribution is -2.44. The Balaban J connectivity index is 1.90. The summed E-state index contributed by atoms with van der Waals surface area (Å²) < 4.78 is 40.4. The van der Waals surface area contributed by atoms with Gasteiger partial charge >= 0.3 is 6.18 Å². The molecule has 0 bridgehead atoms. The van der Waals surface area contributed by atoms with Crippen molar-refractivity contribution in [3.8, 4) is 17.1 Å². The molecule has 1 aliphatic rings. The highest BCUT2D eigenvalue weighted by Gasteiger charge is 2.38. The number of amides is 1. The summed E-state index contributed by atoms with van der Waals surface area (Å²) in [6.45, 7) is -1.35. The minimum atomic E-state index is -4.48. The molecule has 1 aromatic heterocycles. The zero-order chi connectivity index (χ0) is 20.8. The van der Waals surface area contributed by atoms with E-state index in [2.05, 4.69) is 4.98 Å². The number of halogens is 5. The summed E-state index contributed by atoms with van der Waals surface area (Å²) in [5.74, 6) is -0.277. The highest BCUT2D eigenvalue weighted by Crippen LogP contribution is 2.32. The molecule has 2 aromatic carbocycles. The van der Waals surface area contributed by atoms with Crippen LogP contribution in [0.4, 0.5) is 13.2 Å². The van der Waals surface area contributed by atoms with Gasteiger partial charge in [-0.25, -0.2) is 4.98 Å². The molecule has 0 atom stereocenters. The minimum absolute atomic E-state index is 0.0437. The van der Waals surface area contributed by atoms with E-state index in [9.17, 15) is 18.0 Å². The summed E-state index contributed by atoms with van der Waals surface area (Å²) in [6, 6.07) is 13.6. The number of carbonyl (C=O) groups is 1. The van der Waals surface area contributed by atoms with Gasteiger partial charge in [-0.1, -0.05) is 35.3 Å². The van der Waals surface area contributed by atoms with Gasteiger partial charge < -0.3 is 4.90 Å². The Labute approximate surface area is 174 Å². The van der Waals surface area contributed by atoms with E-state index < -0.39 is 18.6 Å². The number of carbonyl (C=O) groups excluding carboxylic acids is 1. The van der Waals surface area contributed by atoms with E-state index in [0.29, 0.717) is 32.8 Å².